The Labute approximate surface area is 100 Å². The van der Waals surface area contributed by atoms with Gasteiger partial charge in [-0.3, -0.25) is 14.8 Å². The Kier molecular flexibility index (Phi) is 3.87. The van der Waals surface area contributed by atoms with Crippen LogP contribution in [-0.2, 0) is 6.54 Å². The predicted molar refractivity (Wildman–Crippen MR) is 63.9 cm³/mol. The minimum Gasteiger partial charge on any atom is -0.388 e. The summed E-state index contributed by atoms with van der Waals surface area (Å²) in [6, 6.07) is 0. The molecule has 1 heterocycles. The summed E-state index contributed by atoms with van der Waals surface area (Å²) in [6.45, 7) is 7.34. The van der Waals surface area contributed by atoms with Crippen LogP contribution in [0, 0.1) is 24.0 Å². The second-order valence-corrected chi connectivity index (χ2v) is 4.37. The standard InChI is InChI=1S/C11H19N3O3/c1-5-11(15,6-2)7-13-9(4)10(14(16)17)8(3)12-13/h15H,5-7H2,1-4H3. The van der Waals surface area contributed by atoms with Crippen molar-refractivity contribution in [3.05, 3.63) is 21.5 Å². The van der Waals surface area contributed by atoms with Crippen molar-refractivity contribution in [1.82, 2.24) is 9.78 Å². The monoisotopic (exact) mass is 241 g/mol. The second-order valence-electron chi connectivity index (χ2n) is 4.37. The first-order valence-corrected chi connectivity index (χ1v) is 5.75. The highest BCUT2D eigenvalue weighted by Crippen LogP contribution is 2.25. The van der Waals surface area contributed by atoms with Crippen molar-refractivity contribution in [1.29, 1.82) is 0 Å². The maximum atomic E-state index is 10.9. The molecule has 6 heteroatoms. The molecule has 96 valence electrons. The average molecular weight is 241 g/mol. The zero-order chi connectivity index (χ0) is 13.2. The molecule has 0 aliphatic heterocycles. The molecule has 0 aliphatic rings. The van der Waals surface area contributed by atoms with Gasteiger partial charge in [-0.15, -0.1) is 0 Å². The molecule has 0 atom stereocenters. The third-order valence-electron chi connectivity index (χ3n) is 3.29. The average Bonchev–Trinajstić information content (AvgIpc) is 2.53. The molecule has 0 aliphatic carbocycles. The van der Waals surface area contributed by atoms with Crippen molar-refractivity contribution in [3.8, 4) is 0 Å². The fourth-order valence-electron chi connectivity index (χ4n) is 1.86. The fraction of sp³-hybridized carbons (Fsp3) is 0.727. The van der Waals surface area contributed by atoms with Crippen LogP contribution >= 0.6 is 0 Å². The van der Waals surface area contributed by atoms with E-state index < -0.39 is 10.5 Å². The van der Waals surface area contributed by atoms with Crippen LogP contribution in [0.15, 0.2) is 0 Å². The van der Waals surface area contributed by atoms with Gasteiger partial charge in [0.15, 0.2) is 0 Å². The number of aliphatic hydroxyl groups is 1. The van der Waals surface area contributed by atoms with E-state index in [0.717, 1.165) is 0 Å². The van der Waals surface area contributed by atoms with Gasteiger partial charge in [0.25, 0.3) is 0 Å². The van der Waals surface area contributed by atoms with Crippen molar-refractivity contribution in [2.24, 2.45) is 0 Å². The Bertz CT molecular complexity index is 422. The highest BCUT2D eigenvalue weighted by Gasteiger charge is 2.28. The molecule has 17 heavy (non-hydrogen) atoms. The Morgan fingerprint density at radius 2 is 1.94 bits per heavy atom. The lowest BCUT2D eigenvalue weighted by Crippen LogP contribution is -2.33. The van der Waals surface area contributed by atoms with Gasteiger partial charge in [-0.05, 0) is 26.7 Å². The van der Waals surface area contributed by atoms with Crippen LogP contribution in [-0.4, -0.2) is 25.4 Å². The Morgan fingerprint density at radius 1 is 1.41 bits per heavy atom. The van der Waals surface area contributed by atoms with Crippen LogP contribution in [0.1, 0.15) is 38.1 Å². The summed E-state index contributed by atoms with van der Waals surface area (Å²) in [7, 11) is 0. The van der Waals surface area contributed by atoms with Crippen molar-refractivity contribution < 1.29 is 10.0 Å². The molecule has 0 spiro atoms. The SMILES string of the molecule is CCC(O)(CC)Cn1nc(C)c([N+](=O)[O-])c1C. The first-order valence-electron chi connectivity index (χ1n) is 5.75. The summed E-state index contributed by atoms with van der Waals surface area (Å²) in [5, 5.41) is 25.2. The van der Waals surface area contributed by atoms with Crippen molar-refractivity contribution >= 4 is 5.69 Å². The number of aryl methyl sites for hydroxylation is 1. The first kappa shape index (κ1) is 13.6. The lowest BCUT2D eigenvalue weighted by atomic mass is 9.98. The maximum absolute atomic E-state index is 10.9. The van der Waals surface area contributed by atoms with Gasteiger partial charge < -0.3 is 5.11 Å². The maximum Gasteiger partial charge on any atom is 0.312 e. The van der Waals surface area contributed by atoms with Crippen molar-refractivity contribution in [2.75, 3.05) is 0 Å². The summed E-state index contributed by atoms with van der Waals surface area (Å²) in [5.74, 6) is 0. The largest absolute Gasteiger partial charge is 0.388 e. The lowest BCUT2D eigenvalue weighted by Gasteiger charge is -2.25. The summed E-state index contributed by atoms with van der Waals surface area (Å²) in [5.41, 5.74) is 0.0753. The molecule has 0 bridgehead atoms. The third kappa shape index (κ3) is 2.63. The number of hydrogen-bond donors (Lipinski definition) is 1. The molecule has 0 saturated carbocycles. The first-order chi connectivity index (χ1) is 7.84. The van der Waals surface area contributed by atoms with Gasteiger partial charge in [-0.1, -0.05) is 13.8 Å². The van der Waals surface area contributed by atoms with Crippen LogP contribution in [0.5, 0.6) is 0 Å². The third-order valence-corrected chi connectivity index (χ3v) is 3.29. The zero-order valence-electron chi connectivity index (χ0n) is 10.7. The van der Waals surface area contributed by atoms with Crippen molar-refractivity contribution in [2.45, 2.75) is 52.7 Å². The van der Waals surface area contributed by atoms with Crippen LogP contribution in [0.2, 0.25) is 0 Å². The van der Waals surface area contributed by atoms with Gasteiger partial charge in [-0.25, -0.2) is 0 Å². The Morgan fingerprint density at radius 3 is 2.29 bits per heavy atom. The molecule has 0 amide bonds. The topological polar surface area (TPSA) is 81.2 Å². The van der Waals surface area contributed by atoms with Crippen LogP contribution < -0.4 is 0 Å². The molecule has 1 rings (SSSR count). The number of rotatable bonds is 5. The number of hydrogen-bond acceptors (Lipinski definition) is 4. The predicted octanol–water partition coefficient (Wildman–Crippen LogP) is 1.96. The van der Waals surface area contributed by atoms with E-state index in [0.29, 0.717) is 30.8 Å². The highest BCUT2D eigenvalue weighted by molar-refractivity contribution is 5.39. The molecule has 0 saturated heterocycles. The van der Waals surface area contributed by atoms with Gasteiger partial charge in [0, 0.05) is 0 Å². The fourth-order valence-corrected chi connectivity index (χ4v) is 1.86. The smallest absolute Gasteiger partial charge is 0.312 e. The number of nitro groups is 1. The van der Waals surface area contributed by atoms with Crippen LogP contribution in [0.3, 0.4) is 0 Å². The Hall–Kier alpha value is -1.43. The molecule has 0 aromatic carbocycles. The lowest BCUT2D eigenvalue weighted by molar-refractivity contribution is -0.386. The molecule has 0 fully saturated rings. The molecule has 1 aromatic heterocycles. The minimum atomic E-state index is -0.850. The summed E-state index contributed by atoms with van der Waals surface area (Å²) >= 11 is 0. The van der Waals surface area contributed by atoms with Gasteiger partial charge in [0.2, 0.25) is 0 Å². The van der Waals surface area contributed by atoms with Gasteiger partial charge in [0.05, 0.1) is 17.1 Å². The Balaban J connectivity index is 3.09. The quantitative estimate of drug-likeness (QED) is 0.631. The van der Waals surface area contributed by atoms with E-state index in [1.807, 2.05) is 13.8 Å². The molecule has 1 N–H and O–H groups in total. The summed E-state index contributed by atoms with van der Waals surface area (Å²) in [4.78, 5) is 10.4. The molecule has 0 unspecified atom stereocenters. The molecule has 6 nitrogen and oxygen atoms in total. The van der Waals surface area contributed by atoms with E-state index in [2.05, 4.69) is 5.10 Å². The van der Waals surface area contributed by atoms with Crippen molar-refractivity contribution in [3.63, 3.8) is 0 Å². The summed E-state index contributed by atoms with van der Waals surface area (Å²) in [6.07, 6.45) is 1.19. The van der Waals surface area contributed by atoms with Gasteiger partial charge in [0.1, 0.15) is 11.4 Å². The van der Waals surface area contributed by atoms with Crippen LogP contribution in [0.4, 0.5) is 5.69 Å². The van der Waals surface area contributed by atoms with E-state index in [9.17, 15) is 15.2 Å². The van der Waals surface area contributed by atoms with Gasteiger partial charge in [-0.2, -0.15) is 5.10 Å². The summed E-state index contributed by atoms with van der Waals surface area (Å²) < 4.78 is 1.53. The molecule has 1 aromatic rings. The molecular formula is C11H19N3O3. The number of aromatic nitrogens is 2. The molecular weight excluding hydrogens is 222 g/mol. The highest BCUT2D eigenvalue weighted by atomic mass is 16.6. The van der Waals surface area contributed by atoms with E-state index >= 15 is 0 Å². The molecule has 0 radical (unpaired) electrons. The van der Waals surface area contributed by atoms with E-state index in [1.54, 1.807) is 13.8 Å². The van der Waals surface area contributed by atoms with E-state index in [4.69, 9.17) is 0 Å². The van der Waals surface area contributed by atoms with Gasteiger partial charge >= 0.3 is 5.69 Å². The minimum absolute atomic E-state index is 0.0413. The zero-order valence-corrected chi connectivity index (χ0v) is 10.7. The van der Waals surface area contributed by atoms with E-state index in [-0.39, 0.29) is 5.69 Å². The van der Waals surface area contributed by atoms with E-state index in [1.165, 1.54) is 4.68 Å². The number of nitrogens with zero attached hydrogens (tertiary/aromatic N) is 3. The normalized spacial score (nSPS) is 11.8. The van der Waals surface area contributed by atoms with Crippen LogP contribution in [0.25, 0.3) is 0 Å². The second kappa shape index (κ2) is 4.83.